The summed E-state index contributed by atoms with van der Waals surface area (Å²) in [6, 6.07) is 10.2. The van der Waals surface area contributed by atoms with E-state index >= 15 is 0 Å². The van der Waals surface area contributed by atoms with Gasteiger partial charge in [0.25, 0.3) is 0 Å². The van der Waals surface area contributed by atoms with Gasteiger partial charge in [0.2, 0.25) is 5.91 Å². The van der Waals surface area contributed by atoms with Crippen LogP contribution in [0.3, 0.4) is 0 Å². The number of amides is 1. The van der Waals surface area contributed by atoms with Gasteiger partial charge in [-0.05, 0) is 19.0 Å². The first-order valence-corrected chi connectivity index (χ1v) is 7.20. The molecule has 3 unspecified atom stereocenters. The van der Waals surface area contributed by atoms with E-state index in [1.807, 2.05) is 31.4 Å². The molecule has 0 saturated heterocycles. The molecule has 3 rings (SSSR count). The minimum atomic E-state index is -0.351. The minimum Gasteiger partial charge on any atom is -0.351 e. The Bertz CT molecular complexity index is 622. The van der Waals surface area contributed by atoms with Gasteiger partial charge < -0.3 is 10.6 Å². The third kappa shape index (κ3) is 2.97. The van der Waals surface area contributed by atoms with Crippen molar-refractivity contribution in [2.45, 2.75) is 24.4 Å². The molecule has 1 saturated carbocycles. The highest BCUT2D eigenvalue weighted by Crippen LogP contribution is 2.40. The standard InChI is InChI=1S/C16H20N4O/c1-17-15(12-9-18-20(2)10-12)16(21)19-14-8-13(14)11-6-4-3-5-7-11/h3-7,9-10,13-15,17H,8H2,1-2H3,(H,19,21). The van der Waals surface area contributed by atoms with Crippen molar-refractivity contribution in [2.75, 3.05) is 7.05 Å². The molecule has 21 heavy (non-hydrogen) atoms. The van der Waals surface area contributed by atoms with Crippen LogP contribution >= 0.6 is 0 Å². The van der Waals surface area contributed by atoms with Gasteiger partial charge in [-0.3, -0.25) is 9.48 Å². The zero-order valence-corrected chi connectivity index (χ0v) is 12.3. The highest BCUT2D eigenvalue weighted by molar-refractivity contribution is 5.83. The van der Waals surface area contributed by atoms with Gasteiger partial charge >= 0.3 is 0 Å². The van der Waals surface area contributed by atoms with Crippen molar-refractivity contribution in [3.63, 3.8) is 0 Å². The summed E-state index contributed by atoms with van der Waals surface area (Å²) in [5.74, 6) is 0.454. The van der Waals surface area contributed by atoms with Crippen LogP contribution in [0.4, 0.5) is 0 Å². The van der Waals surface area contributed by atoms with Gasteiger partial charge in [-0.1, -0.05) is 30.3 Å². The van der Waals surface area contributed by atoms with Crippen LogP contribution in [-0.4, -0.2) is 28.8 Å². The molecule has 5 nitrogen and oxygen atoms in total. The van der Waals surface area contributed by atoms with E-state index in [0.717, 1.165) is 12.0 Å². The summed E-state index contributed by atoms with van der Waals surface area (Å²) in [5, 5.41) is 10.3. The van der Waals surface area contributed by atoms with Gasteiger partial charge in [-0.2, -0.15) is 5.10 Å². The SMILES string of the molecule is CNC(C(=O)NC1CC1c1ccccc1)c1cnn(C)c1. The van der Waals surface area contributed by atoms with Crippen LogP contribution < -0.4 is 10.6 Å². The van der Waals surface area contributed by atoms with Gasteiger partial charge in [0.1, 0.15) is 6.04 Å². The number of carbonyl (C=O) groups is 1. The smallest absolute Gasteiger partial charge is 0.242 e. The Hall–Kier alpha value is -2.14. The Morgan fingerprint density at radius 1 is 1.38 bits per heavy atom. The Labute approximate surface area is 124 Å². The molecule has 1 fully saturated rings. The van der Waals surface area contributed by atoms with Crippen molar-refractivity contribution in [1.29, 1.82) is 0 Å². The lowest BCUT2D eigenvalue weighted by Crippen LogP contribution is -2.37. The highest BCUT2D eigenvalue weighted by atomic mass is 16.2. The van der Waals surface area contributed by atoms with E-state index in [1.54, 1.807) is 17.9 Å². The zero-order valence-electron chi connectivity index (χ0n) is 12.3. The summed E-state index contributed by atoms with van der Waals surface area (Å²) in [5.41, 5.74) is 2.18. The molecular formula is C16H20N4O. The quantitative estimate of drug-likeness (QED) is 0.871. The van der Waals surface area contributed by atoms with Gasteiger partial charge in [-0.15, -0.1) is 0 Å². The molecule has 2 aromatic rings. The maximum Gasteiger partial charge on any atom is 0.242 e. The fourth-order valence-corrected chi connectivity index (χ4v) is 2.73. The van der Waals surface area contributed by atoms with E-state index in [1.165, 1.54) is 5.56 Å². The average Bonchev–Trinajstić information content (AvgIpc) is 3.13. The van der Waals surface area contributed by atoms with Gasteiger partial charge in [-0.25, -0.2) is 0 Å². The van der Waals surface area contributed by atoms with Crippen molar-refractivity contribution in [3.05, 3.63) is 53.9 Å². The molecule has 5 heteroatoms. The fraction of sp³-hybridized carbons (Fsp3) is 0.375. The predicted molar refractivity (Wildman–Crippen MR) is 80.7 cm³/mol. The van der Waals surface area contributed by atoms with E-state index in [2.05, 4.69) is 27.9 Å². The maximum atomic E-state index is 12.4. The van der Waals surface area contributed by atoms with Gasteiger partial charge in [0, 0.05) is 30.8 Å². The first-order chi connectivity index (χ1) is 10.2. The Morgan fingerprint density at radius 3 is 2.76 bits per heavy atom. The molecule has 2 N–H and O–H groups in total. The number of rotatable bonds is 5. The van der Waals surface area contributed by atoms with Crippen LogP contribution in [0.1, 0.15) is 29.5 Å². The lowest BCUT2D eigenvalue weighted by molar-refractivity contribution is -0.123. The topological polar surface area (TPSA) is 59.0 Å². The molecule has 0 radical (unpaired) electrons. The van der Waals surface area contributed by atoms with Crippen molar-refractivity contribution in [1.82, 2.24) is 20.4 Å². The van der Waals surface area contributed by atoms with Crippen molar-refractivity contribution < 1.29 is 4.79 Å². The summed E-state index contributed by atoms with van der Waals surface area (Å²) >= 11 is 0. The number of aromatic nitrogens is 2. The number of nitrogens with one attached hydrogen (secondary N) is 2. The molecule has 110 valence electrons. The number of hydrogen-bond donors (Lipinski definition) is 2. The number of aryl methyl sites for hydroxylation is 1. The number of carbonyl (C=O) groups excluding carboxylic acids is 1. The number of benzene rings is 1. The highest BCUT2D eigenvalue weighted by Gasteiger charge is 2.40. The van der Waals surface area contributed by atoms with Crippen molar-refractivity contribution in [2.24, 2.45) is 7.05 Å². The molecule has 3 atom stereocenters. The Morgan fingerprint density at radius 2 is 2.14 bits per heavy atom. The molecule has 1 heterocycles. The lowest BCUT2D eigenvalue weighted by atomic mass is 10.1. The van der Waals surface area contributed by atoms with Gasteiger partial charge in [0.05, 0.1) is 6.20 Å². The van der Waals surface area contributed by atoms with Crippen LogP contribution in [0.2, 0.25) is 0 Å². The summed E-state index contributed by atoms with van der Waals surface area (Å²) in [7, 11) is 3.64. The Balaban J connectivity index is 1.62. The summed E-state index contributed by atoms with van der Waals surface area (Å²) < 4.78 is 1.71. The molecule has 1 aromatic carbocycles. The minimum absolute atomic E-state index is 0.00827. The van der Waals surface area contributed by atoms with Crippen LogP contribution in [-0.2, 0) is 11.8 Å². The summed E-state index contributed by atoms with van der Waals surface area (Å²) in [4.78, 5) is 12.4. The van der Waals surface area contributed by atoms with Crippen molar-refractivity contribution >= 4 is 5.91 Å². The molecule has 0 aliphatic heterocycles. The largest absolute Gasteiger partial charge is 0.351 e. The second kappa shape index (κ2) is 5.69. The molecule has 1 amide bonds. The lowest BCUT2D eigenvalue weighted by Gasteiger charge is -2.14. The number of hydrogen-bond acceptors (Lipinski definition) is 3. The van der Waals surface area contributed by atoms with E-state index < -0.39 is 0 Å². The second-order valence-corrected chi connectivity index (χ2v) is 5.54. The number of nitrogens with zero attached hydrogens (tertiary/aromatic N) is 2. The van der Waals surface area contributed by atoms with Crippen LogP contribution in [0, 0.1) is 0 Å². The average molecular weight is 284 g/mol. The van der Waals surface area contributed by atoms with E-state index in [-0.39, 0.29) is 18.0 Å². The summed E-state index contributed by atoms with van der Waals surface area (Å²) in [6.45, 7) is 0. The first kappa shape index (κ1) is 13.8. The third-order valence-electron chi connectivity index (χ3n) is 3.95. The maximum absolute atomic E-state index is 12.4. The molecular weight excluding hydrogens is 264 g/mol. The fourth-order valence-electron chi connectivity index (χ4n) is 2.73. The molecule has 1 aliphatic rings. The summed E-state index contributed by atoms with van der Waals surface area (Å²) in [6.07, 6.45) is 4.60. The van der Waals surface area contributed by atoms with Crippen LogP contribution in [0.25, 0.3) is 0 Å². The second-order valence-electron chi connectivity index (χ2n) is 5.54. The monoisotopic (exact) mass is 284 g/mol. The molecule has 1 aliphatic carbocycles. The third-order valence-corrected chi connectivity index (χ3v) is 3.95. The molecule has 0 bridgehead atoms. The molecule has 1 aromatic heterocycles. The van der Waals surface area contributed by atoms with Crippen molar-refractivity contribution in [3.8, 4) is 0 Å². The molecule has 0 spiro atoms. The van der Waals surface area contributed by atoms with E-state index in [4.69, 9.17) is 0 Å². The number of likely N-dealkylation sites (N-methyl/N-ethyl adjacent to an activating group) is 1. The van der Waals surface area contributed by atoms with Crippen LogP contribution in [0.15, 0.2) is 42.7 Å². The van der Waals surface area contributed by atoms with Gasteiger partial charge in [0.15, 0.2) is 0 Å². The van der Waals surface area contributed by atoms with E-state index in [9.17, 15) is 4.79 Å². The van der Waals surface area contributed by atoms with Crippen LogP contribution in [0.5, 0.6) is 0 Å². The normalized spacial score (nSPS) is 21.8. The zero-order chi connectivity index (χ0) is 14.8. The van der Waals surface area contributed by atoms with E-state index in [0.29, 0.717) is 5.92 Å². The predicted octanol–water partition coefficient (Wildman–Crippen LogP) is 1.35. The first-order valence-electron chi connectivity index (χ1n) is 7.20. The Kier molecular flexibility index (Phi) is 3.75.